The summed E-state index contributed by atoms with van der Waals surface area (Å²) in [5, 5.41) is 15.5. The summed E-state index contributed by atoms with van der Waals surface area (Å²) >= 11 is 1.51. The number of carboxylic acids is 1. The second-order valence-corrected chi connectivity index (χ2v) is 6.44. The first-order valence-electron chi connectivity index (χ1n) is 6.38. The summed E-state index contributed by atoms with van der Waals surface area (Å²) in [7, 11) is 0. The van der Waals surface area contributed by atoms with Crippen LogP contribution in [0.25, 0.3) is 0 Å². The highest BCUT2D eigenvalue weighted by atomic mass is 32.1. The molecule has 1 N–H and O–H groups in total. The van der Waals surface area contributed by atoms with Gasteiger partial charge in [-0.25, -0.2) is 4.98 Å². The third kappa shape index (κ3) is 3.07. The van der Waals surface area contributed by atoms with E-state index in [-0.39, 0.29) is 11.8 Å². The maximum atomic E-state index is 10.7. The average Bonchev–Trinajstić information content (AvgIpc) is 2.91. The van der Waals surface area contributed by atoms with Crippen LogP contribution < -0.4 is 0 Å². The molecule has 0 bridgehead atoms. The monoisotopic (exact) mass is 294 g/mol. The zero-order chi connectivity index (χ0) is 14.9. The molecule has 108 valence electrons. The van der Waals surface area contributed by atoms with E-state index >= 15 is 0 Å². The molecule has 0 aliphatic heterocycles. The van der Waals surface area contributed by atoms with E-state index in [4.69, 9.17) is 9.63 Å². The van der Waals surface area contributed by atoms with Crippen molar-refractivity contribution in [1.82, 2.24) is 10.1 Å². The third-order valence-corrected chi connectivity index (χ3v) is 4.52. The molecule has 0 spiro atoms. The Bertz CT molecular complexity index is 609. The van der Waals surface area contributed by atoms with Gasteiger partial charge in [-0.05, 0) is 20.3 Å². The van der Waals surface area contributed by atoms with Crippen LogP contribution in [0.15, 0.2) is 9.90 Å². The summed E-state index contributed by atoms with van der Waals surface area (Å²) < 4.78 is 5.19. The Morgan fingerprint density at radius 2 is 2.15 bits per heavy atom. The molecular formula is C14H18N2O3S. The number of aromatic nitrogens is 2. The Morgan fingerprint density at radius 1 is 1.45 bits per heavy atom. The molecule has 0 unspecified atom stereocenters. The van der Waals surface area contributed by atoms with Gasteiger partial charge in [-0.15, -0.1) is 11.3 Å². The SMILES string of the molecule is Cc1noc(C)c1CC(C)(C)c1nc(CC(=O)O)cs1. The minimum absolute atomic E-state index is 0.0299. The van der Waals surface area contributed by atoms with Crippen molar-refractivity contribution in [2.45, 2.75) is 46.0 Å². The first-order chi connectivity index (χ1) is 9.29. The summed E-state index contributed by atoms with van der Waals surface area (Å²) in [6, 6.07) is 0. The molecule has 0 aliphatic carbocycles. The van der Waals surface area contributed by atoms with E-state index in [1.165, 1.54) is 11.3 Å². The first-order valence-corrected chi connectivity index (χ1v) is 7.26. The normalized spacial score (nSPS) is 11.8. The number of nitrogens with zero attached hydrogens (tertiary/aromatic N) is 2. The van der Waals surface area contributed by atoms with Crippen LogP contribution in [0.3, 0.4) is 0 Å². The molecule has 6 heteroatoms. The lowest BCUT2D eigenvalue weighted by atomic mass is 9.85. The van der Waals surface area contributed by atoms with Gasteiger partial charge in [0.2, 0.25) is 0 Å². The second-order valence-electron chi connectivity index (χ2n) is 5.58. The van der Waals surface area contributed by atoms with Crippen LogP contribution in [-0.4, -0.2) is 21.2 Å². The molecule has 0 radical (unpaired) electrons. The van der Waals surface area contributed by atoms with E-state index in [2.05, 4.69) is 24.0 Å². The maximum absolute atomic E-state index is 10.7. The predicted molar refractivity (Wildman–Crippen MR) is 76.2 cm³/mol. The number of carbonyl (C=O) groups is 1. The maximum Gasteiger partial charge on any atom is 0.309 e. The van der Waals surface area contributed by atoms with Gasteiger partial charge in [0.25, 0.3) is 0 Å². The van der Waals surface area contributed by atoms with E-state index in [0.717, 1.165) is 28.4 Å². The summed E-state index contributed by atoms with van der Waals surface area (Å²) in [6.07, 6.45) is 0.742. The van der Waals surface area contributed by atoms with Crippen LogP contribution >= 0.6 is 11.3 Å². The van der Waals surface area contributed by atoms with Crippen LogP contribution in [0, 0.1) is 13.8 Å². The highest BCUT2D eigenvalue weighted by Crippen LogP contribution is 2.32. The van der Waals surface area contributed by atoms with Crippen molar-refractivity contribution in [3.63, 3.8) is 0 Å². The van der Waals surface area contributed by atoms with Crippen molar-refractivity contribution >= 4 is 17.3 Å². The largest absolute Gasteiger partial charge is 0.481 e. The van der Waals surface area contributed by atoms with Crippen molar-refractivity contribution in [1.29, 1.82) is 0 Å². The minimum Gasteiger partial charge on any atom is -0.481 e. The van der Waals surface area contributed by atoms with E-state index < -0.39 is 5.97 Å². The number of rotatable bonds is 5. The zero-order valence-corrected chi connectivity index (χ0v) is 12.9. The van der Waals surface area contributed by atoms with Crippen molar-refractivity contribution in [2.24, 2.45) is 0 Å². The Balaban J connectivity index is 2.21. The first kappa shape index (κ1) is 14.7. The molecule has 0 fully saturated rings. The van der Waals surface area contributed by atoms with Crippen LogP contribution in [0.1, 0.15) is 41.6 Å². The van der Waals surface area contributed by atoms with Crippen molar-refractivity contribution in [2.75, 3.05) is 0 Å². The topological polar surface area (TPSA) is 76.2 Å². The summed E-state index contributed by atoms with van der Waals surface area (Å²) in [5.74, 6) is -0.0247. The molecular weight excluding hydrogens is 276 g/mol. The average molecular weight is 294 g/mol. The van der Waals surface area contributed by atoms with E-state index in [1.54, 1.807) is 0 Å². The number of carboxylic acid groups (broad SMARTS) is 1. The number of hydrogen-bond acceptors (Lipinski definition) is 5. The lowest BCUT2D eigenvalue weighted by molar-refractivity contribution is -0.136. The fraction of sp³-hybridized carbons (Fsp3) is 0.500. The number of thiazole rings is 1. The molecule has 2 rings (SSSR count). The Hall–Kier alpha value is -1.69. The van der Waals surface area contributed by atoms with Crippen LogP contribution in [0.4, 0.5) is 0 Å². The van der Waals surface area contributed by atoms with Gasteiger partial charge in [0, 0.05) is 16.4 Å². The smallest absolute Gasteiger partial charge is 0.309 e. The predicted octanol–water partition coefficient (Wildman–Crippen LogP) is 2.90. The summed E-state index contributed by atoms with van der Waals surface area (Å²) in [6.45, 7) is 8.03. The van der Waals surface area contributed by atoms with Gasteiger partial charge in [0.1, 0.15) is 5.76 Å². The summed E-state index contributed by atoms with van der Waals surface area (Å²) in [5.41, 5.74) is 2.44. The van der Waals surface area contributed by atoms with Crippen LogP contribution in [-0.2, 0) is 23.1 Å². The van der Waals surface area contributed by atoms with Gasteiger partial charge in [-0.3, -0.25) is 4.79 Å². The molecule has 20 heavy (non-hydrogen) atoms. The molecule has 0 aromatic carbocycles. The van der Waals surface area contributed by atoms with Gasteiger partial charge < -0.3 is 9.63 Å². The molecule has 0 aliphatic rings. The molecule has 0 saturated carbocycles. The Kier molecular flexibility index (Phi) is 3.94. The fourth-order valence-corrected chi connectivity index (χ4v) is 3.07. The second kappa shape index (κ2) is 5.36. The van der Waals surface area contributed by atoms with Gasteiger partial charge in [-0.1, -0.05) is 19.0 Å². The quantitative estimate of drug-likeness (QED) is 0.917. The van der Waals surface area contributed by atoms with Gasteiger partial charge in [-0.2, -0.15) is 0 Å². The Labute approximate surface area is 121 Å². The van der Waals surface area contributed by atoms with Gasteiger partial charge in [0.15, 0.2) is 0 Å². The molecule has 2 aromatic rings. The molecule has 2 heterocycles. The number of hydrogen-bond donors (Lipinski definition) is 1. The highest BCUT2D eigenvalue weighted by molar-refractivity contribution is 7.09. The van der Waals surface area contributed by atoms with E-state index in [1.807, 2.05) is 19.2 Å². The van der Waals surface area contributed by atoms with Crippen LogP contribution in [0.5, 0.6) is 0 Å². The van der Waals surface area contributed by atoms with E-state index in [9.17, 15) is 4.79 Å². The zero-order valence-electron chi connectivity index (χ0n) is 12.1. The van der Waals surface area contributed by atoms with Gasteiger partial charge >= 0.3 is 5.97 Å². The summed E-state index contributed by atoms with van der Waals surface area (Å²) in [4.78, 5) is 15.2. The van der Waals surface area contributed by atoms with Gasteiger partial charge in [0.05, 0.1) is 22.8 Å². The minimum atomic E-state index is -0.856. The van der Waals surface area contributed by atoms with Crippen molar-refractivity contribution in [3.05, 3.63) is 33.1 Å². The lowest BCUT2D eigenvalue weighted by Crippen LogP contribution is -2.21. The standard InChI is InChI=1S/C14H18N2O3S/c1-8-11(9(2)19-16-8)6-14(3,4)13-15-10(7-20-13)5-12(17)18/h7H,5-6H2,1-4H3,(H,17,18). The molecule has 5 nitrogen and oxygen atoms in total. The third-order valence-electron chi connectivity index (χ3n) is 3.26. The van der Waals surface area contributed by atoms with E-state index in [0.29, 0.717) is 5.69 Å². The molecule has 0 saturated heterocycles. The van der Waals surface area contributed by atoms with Crippen molar-refractivity contribution < 1.29 is 14.4 Å². The number of aliphatic carboxylic acids is 1. The molecule has 0 atom stereocenters. The lowest BCUT2D eigenvalue weighted by Gasteiger charge is -2.21. The van der Waals surface area contributed by atoms with Crippen LogP contribution in [0.2, 0.25) is 0 Å². The number of aryl methyl sites for hydroxylation is 2. The molecule has 0 amide bonds. The fourth-order valence-electron chi connectivity index (χ4n) is 2.13. The Morgan fingerprint density at radius 3 is 2.70 bits per heavy atom. The molecule has 2 aromatic heterocycles. The highest BCUT2D eigenvalue weighted by Gasteiger charge is 2.28. The van der Waals surface area contributed by atoms with Crippen molar-refractivity contribution in [3.8, 4) is 0 Å².